The van der Waals surface area contributed by atoms with E-state index in [1.807, 2.05) is 19.9 Å². The van der Waals surface area contributed by atoms with E-state index in [0.717, 1.165) is 5.56 Å². The van der Waals surface area contributed by atoms with Crippen LogP contribution >= 0.6 is 0 Å². The van der Waals surface area contributed by atoms with Crippen LogP contribution in [-0.4, -0.2) is 87.7 Å². The van der Waals surface area contributed by atoms with Gasteiger partial charge >= 0.3 is 12.1 Å². The molecular weight excluding hydrogens is 712 g/mol. The predicted octanol–water partition coefficient (Wildman–Crippen LogP) is 5.05. The summed E-state index contributed by atoms with van der Waals surface area (Å²) in [6.45, 7) is 8.53. The first-order valence-electron chi connectivity index (χ1n) is 17.7. The molecule has 3 aromatic rings. The number of methoxy groups -OCH3 is 4. The van der Waals surface area contributed by atoms with Crippen LogP contribution in [0.15, 0.2) is 60.7 Å². The molecule has 0 spiro atoms. The molecule has 296 valence electrons. The number of hydrogen-bond acceptors (Lipinski definition) is 12. The number of aliphatic hydroxyl groups excluding tert-OH is 1. The van der Waals surface area contributed by atoms with Crippen LogP contribution in [0.4, 0.5) is 4.79 Å². The highest BCUT2D eigenvalue weighted by atomic mass is 16.6. The zero-order chi connectivity index (χ0) is 40.4. The van der Waals surface area contributed by atoms with E-state index in [-0.39, 0.29) is 59.9 Å². The van der Waals surface area contributed by atoms with E-state index in [2.05, 4.69) is 10.6 Å². The molecule has 1 aliphatic heterocycles. The number of nitrogens with one attached hydrogen (secondary N) is 2. The van der Waals surface area contributed by atoms with Crippen LogP contribution in [0.5, 0.6) is 34.5 Å². The lowest BCUT2D eigenvalue weighted by molar-refractivity contribution is -0.142. The van der Waals surface area contributed by atoms with Crippen molar-refractivity contribution in [1.29, 1.82) is 0 Å². The van der Waals surface area contributed by atoms with Crippen molar-refractivity contribution in [3.05, 3.63) is 77.4 Å². The molecule has 55 heavy (non-hydrogen) atoms. The molecule has 3 aromatic carbocycles. The summed E-state index contributed by atoms with van der Waals surface area (Å²) in [4.78, 5) is 53.2. The third-order valence-corrected chi connectivity index (χ3v) is 8.38. The molecule has 0 aromatic heterocycles. The number of hydrogen-bond donors (Lipinski definition) is 3. The van der Waals surface area contributed by atoms with Gasteiger partial charge in [0.1, 0.15) is 11.6 Å². The van der Waals surface area contributed by atoms with Crippen LogP contribution in [0, 0.1) is 5.92 Å². The van der Waals surface area contributed by atoms with E-state index in [1.165, 1.54) is 40.6 Å². The largest absolute Gasteiger partial charge is 0.493 e. The molecule has 0 radical (unpaired) electrons. The van der Waals surface area contributed by atoms with Crippen molar-refractivity contribution < 1.29 is 57.4 Å². The predicted molar refractivity (Wildman–Crippen MR) is 203 cm³/mol. The van der Waals surface area contributed by atoms with E-state index in [1.54, 1.807) is 63.2 Å². The van der Waals surface area contributed by atoms with Crippen LogP contribution in [0.1, 0.15) is 57.7 Å². The molecule has 1 heterocycles. The van der Waals surface area contributed by atoms with Crippen molar-refractivity contribution >= 4 is 29.3 Å². The second kappa shape index (κ2) is 18.5. The molecule has 2 amide bonds. The Morgan fingerprint density at radius 3 is 2.13 bits per heavy atom. The van der Waals surface area contributed by atoms with E-state index >= 15 is 0 Å². The van der Waals surface area contributed by atoms with Crippen molar-refractivity contribution in [3.8, 4) is 34.5 Å². The summed E-state index contributed by atoms with van der Waals surface area (Å²) in [5.74, 6) is -0.927. The molecule has 0 fully saturated rings. The second-order valence-electron chi connectivity index (χ2n) is 14.2. The van der Waals surface area contributed by atoms with E-state index < -0.39 is 41.8 Å². The molecule has 0 bridgehead atoms. The summed E-state index contributed by atoms with van der Waals surface area (Å²) in [6.07, 6.45) is -0.947. The van der Waals surface area contributed by atoms with E-state index in [9.17, 15) is 24.3 Å². The second-order valence-corrected chi connectivity index (χ2v) is 14.2. The maximum absolute atomic E-state index is 13.9. The highest BCUT2D eigenvalue weighted by Crippen LogP contribution is 2.50. The van der Waals surface area contributed by atoms with Crippen LogP contribution in [0.3, 0.4) is 0 Å². The lowest BCUT2D eigenvalue weighted by Crippen LogP contribution is -2.55. The quantitative estimate of drug-likeness (QED) is 0.139. The molecule has 1 aliphatic rings. The Bertz CT molecular complexity index is 1880. The number of benzene rings is 3. The summed E-state index contributed by atoms with van der Waals surface area (Å²) in [5.41, 5.74) is 1.23. The summed E-state index contributed by atoms with van der Waals surface area (Å²) in [7, 11) is 5.76. The van der Waals surface area contributed by atoms with Gasteiger partial charge in [0.15, 0.2) is 41.5 Å². The molecule has 14 nitrogen and oxygen atoms in total. The van der Waals surface area contributed by atoms with Gasteiger partial charge in [0.05, 0.1) is 34.5 Å². The van der Waals surface area contributed by atoms with Crippen LogP contribution in [0.25, 0.3) is 5.57 Å². The number of alkyl carbamates (subject to hydrolysis) is 1. The molecule has 3 atom stereocenters. The van der Waals surface area contributed by atoms with Crippen molar-refractivity contribution in [2.45, 2.75) is 71.2 Å². The number of ketones is 1. The van der Waals surface area contributed by atoms with Gasteiger partial charge in [-0.1, -0.05) is 50.2 Å². The van der Waals surface area contributed by atoms with Gasteiger partial charge < -0.3 is 48.9 Å². The van der Waals surface area contributed by atoms with Gasteiger partial charge in [0, 0.05) is 5.56 Å². The third-order valence-electron chi connectivity index (χ3n) is 8.38. The van der Waals surface area contributed by atoms with Crippen molar-refractivity contribution in [3.63, 3.8) is 0 Å². The zero-order valence-electron chi connectivity index (χ0n) is 32.6. The lowest BCUT2D eigenvalue weighted by atomic mass is 9.95. The number of esters is 1. The average Bonchev–Trinajstić information content (AvgIpc) is 3.30. The number of amides is 2. The Morgan fingerprint density at radius 1 is 0.855 bits per heavy atom. The van der Waals surface area contributed by atoms with Crippen LogP contribution < -0.4 is 39.1 Å². The SMILES string of the molecule is COc1ccc(C2=CC(=O)COc3c2cc(OC)c(OC)c3OC)cc1OC(=O)C(CC(C)C)NC(=O)C(O)C(Cc1ccccc1)NC(=O)OC(C)(C)C. The monoisotopic (exact) mass is 762 g/mol. The summed E-state index contributed by atoms with van der Waals surface area (Å²) in [6, 6.07) is 13.1. The van der Waals surface area contributed by atoms with Gasteiger partial charge in [0.2, 0.25) is 11.5 Å². The molecular formula is C41H50N2O12. The number of rotatable bonds is 15. The van der Waals surface area contributed by atoms with Crippen molar-refractivity contribution in [1.82, 2.24) is 10.6 Å². The first kappa shape index (κ1) is 42.0. The fourth-order valence-electron chi connectivity index (χ4n) is 5.93. The average molecular weight is 763 g/mol. The first-order chi connectivity index (χ1) is 26.1. The maximum atomic E-state index is 13.9. The Labute approximate surface area is 321 Å². The summed E-state index contributed by atoms with van der Waals surface area (Å²) < 4.78 is 39.4. The first-order valence-corrected chi connectivity index (χ1v) is 17.7. The number of fused-ring (bicyclic) bond motifs is 1. The minimum atomic E-state index is -1.78. The van der Waals surface area contributed by atoms with E-state index in [0.29, 0.717) is 22.4 Å². The van der Waals surface area contributed by atoms with Gasteiger partial charge in [-0.3, -0.25) is 9.59 Å². The molecule has 3 unspecified atom stereocenters. The third kappa shape index (κ3) is 10.9. The van der Waals surface area contributed by atoms with Crippen molar-refractivity contribution in [2.24, 2.45) is 5.92 Å². The number of carbonyl (C=O) groups excluding carboxylic acids is 4. The van der Waals surface area contributed by atoms with E-state index in [4.69, 9.17) is 33.2 Å². The van der Waals surface area contributed by atoms with Gasteiger partial charge in [0.25, 0.3) is 5.91 Å². The fraction of sp³-hybridized carbons (Fsp3) is 0.415. The Morgan fingerprint density at radius 2 is 1.53 bits per heavy atom. The molecule has 0 saturated carbocycles. The minimum Gasteiger partial charge on any atom is -0.493 e. The van der Waals surface area contributed by atoms with Gasteiger partial charge in [-0.05, 0) is 80.5 Å². The highest BCUT2D eigenvalue weighted by Gasteiger charge is 2.34. The van der Waals surface area contributed by atoms with Gasteiger partial charge in [-0.15, -0.1) is 0 Å². The van der Waals surface area contributed by atoms with Crippen LogP contribution in [0.2, 0.25) is 0 Å². The molecule has 3 N–H and O–H groups in total. The normalized spacial score (nSPS) is 14.2. The molecule has 4 rings (SSSR count). The van der Waals surface area contributed by atoms with Crippen molar-refractivity contribution in [2.75, 3.05) is 35.0 Å². The minimum absolute atomic E-state index is 0.00499. The lowest BCUT2D eigenvalue weighted by Gasteiger charge is -2.28. The number of ether oxygens (including phenoxy) is 7. The Balaban J connectivity index is 1.65. The smallest absolute Gasteiger partial charge is 0.407 e. The maximum Gasteiger partial charge on any atom is 0.407 e. The topological polar surface area (TPSA) is 177 Å². The highest BCUT2D eigenvalue weighted by molar-refractivity contribution is 6.04. The Hall–Kier alpha value is -5.76. The summed E-state index contributed by atoms with van der Waals surface area (Å²) >= 11 is 0. The molecule has 0 saturated heterocycles. The summed E-state index contributed by atoms with van der Waals surface area (Å²) in [5, 5.41) is 16.5. The molecule has 14 heteroatoms. The standard InChI is InChI=1S/C41H50N2O12/c1-23(2)17-30(42-38(46)34(45)29(18-24-13-11-10-12-14-24)43-40(48)55-41(3,4)5)39(47)54-32-19-25(15-16-31(32)49-6)27-20-26(44)22-53-35-28(27)21-33(50-7)36(51-8)37(35)52-9/h10-16,19-21,23,29-30,34,45H,17-18,22H2,1-9H3,(H,42,46)(H,43,48). The Kier molecular flexibility index (Phi) is 14.1. The number of aliphatic hydroxyl groups is 1. The zero-order valence-corrected chi connectivity index (χ0v) is 32.6. The van der Waals surface area contributed by atoms with Gasteiger partial charge in [-0.2, -0.15) is 0 Å². The van der Waals surface area contributed by atoms with Gasteiger partial charge in [-0.25, -0.2) is 9.59 Å². The fourth-order valence-corrected chi connectivity index (χ4v) is 5.93. The number of carbonyl (C=O) groups is 4. The molecule has 0 aliphatic carbocycles. The van der Waals surface area contributed by atoms with Crippen LogP contribution in [-0.2, 0) is 25.5 Å².